The summed E-state index contributed by atoms with van der Waals surface area (Å²) >= 11 is 0. The van der Waals surface area contributed by atoms with E-state index >= 15 is 0 Å². The lowest BCUT2D eigenvalue weighted by Gasteiger charge is -2.36. The molecule has 0 aromatic rings. The van der Waals surface area contributed by atoms with Gasteiger partial charge in [0.05, 0.1) is 60.1 Å². The van der Waals surface area contributed by atoms with Gasteiger partial charge in [0.25, 0.3) is 0 Å². The van der Waals surface area contributed by atoms with Gasteiger partial charge in [0.2, 0.25) is 49.5 Å². The van der Waals surface area contributed by atoms with Gasteiger partial charge in [0.15, 0.2) is 23.1 Å². The molecule has 0 aromatic carbocycles. The molecule has 25 heteroatoms. The van der Waals surface area contributed by atoms with Crippen molar-refractivity contribution in [2.45, 2.75) is 301 Å². The first-order valence-electron chi connectivity index (χ1n) is 40.4. The predicted molar refractivity (Wildman–Crippen MR) is 410 cm³/mol. The number of fused-ring (bicyclic) bond motifs is 6. The van der Waals surface area contributed by atoms with Crippen LogP contribution in [0.2, 0.25) is 0 Å². The number of carbonyl (C=O) groups excluding carboxylic acids is 11. The number of sulfonamides is 2. The summed E-state index contributed by atoms with van der Waals surface area (Å²) in [4.78, 5) is 154. The summed E-state index contributed by atoms with van der Waals surface area (Å²) in [5, 5.41) is 0. The highest BCUT2D eigenvalue weighted by Crippen LogP contribution is 2.66. The lowest BCUT2D eigenvalue weighted by molar-refractivity contribution is -0.162. The maximum atomic E-state index is 14.6. The van der Waals surface area contributed by atoms with Crippen molar-refractivity contribution in [1.82, 2.24) is 18.4 Å². The van der Waals surface area contributed by atoms with Crippen LogP contribution >= 0.6 is 0 Å². The maximum Gasteiger partial charge on any atom is 0.307 e. The molecule has 0 aromatic heterocycles. The number of aliphatic imine (C=N–C) groups is 1. The highest BCUT2D eigenvalue weighted by Gasteiger charge is 2.71. The third-order valence-corrected chi connectivity index (χ3v) is 28.5. The normalized spacial score (nSPS) is 29.1. The molecule has 0 N–H and O–H groups in total. The van der Waals surface area contributed by atoms with Crippen LogP contribution in [-0.2, 0) is 87.0 Å². The summed E-state index contributed by atoms with van der Waals surface area (Å²) in [5.74, 6) is -5.17. The van der Waals surface area contributed by atoms with E-state index in [1.54, 1.807) is 51.5 Å². The van der Waals surface area contributed by atoms with Gasteiger partial charge in [-0.15, -0.1) is 0 Å². The Bertz CT molecular complexity index is 3430. The van der Waals surface area contributed by atoms with Crippen molar-refractivity contribution in [3.05, 3.63) is 0 Å². The van der Waals surface area contributed by atoms with Gasteiger partial charge in [0, 0.05) is 104 Å². The van der Waals surface area contributed by atoms with E-state index in [-0.39, 0.29) is 167 Å². The Kier molecular flexibility index (Phi) is 32.5. The van der Waals surface area contributed by atoms with Crippen LogP contribution < -0.4 is 0 Å². The minimum atomic E-state index is -3.44. The summed E-state index contributed by atoms with van der Waals surface area (Å²) < 4.78 is 68.7. The van der Waals surface area contributed by atoms with Crippen LogP contribution in [0.15, 0.2) is 4.99 Å². The van der Waals surface area contributed by atoms with Crippen LogP contribution in [0, 0.1) is 86.8 Å². The van der Waals surface area contributed by atoms with Crippen LogP contribution in [0.4, 0.5) is 0 Å². The molecule has 4 saturated carbocycles. The molecule has 14 atom stereocenters. The largest absolute Gasteiger partial charge is 0.460 e. The fourth-order valence-corrected chi connectivity index (χ4v) is 18.4. The molecule has 0 spiro atoms. The van der Waals surface area contributed by atoms with E-state index in [2.05, 4.69) is 32.7 Å². The highest BCUT2D eigenvalue weighted by atomic mass is 32.2. The Labute approximate surface area is 641 Å². The molecule has 4 saturated heterocycles. The topological polar surface area (TPSA) is 309 Å². The Morgan fingerprint density at radius 1 is 0.561 bits per heavy atom. The van der Waals surface area contributed by atoms with Gasteiger partial charge in [-0.05, 0) is 163 Å². The number of amides is 2. The lowest BCUT2D eigenvalue weighted by Crippen LogP contribution is -2.51. The number of nitrogens with zero attached hydrogens (tertiary/aromatic N) is 5. The third-order valence-electron chi connectivity index (χ3n) is 24.8. The van der Waals surface area contributed by atoms with E-state index in [9.17, 15) is 69.6 Å². The standard InChI is InChI=1S/C39H64N2O8S.C33H51NO7.C10H20N2O3S/c1-9-50(47,48)40(8)23-28(38(3,4)5)21-29(42)22-30-25(2)49-18-14-12-10-11-13-15-27(36(45)33(44)19-26-16-17-26)20-32(43)35-34-31(39(34,6)7)24-41(35)37(30)46;1-20-23(18-27(37)41-32(2,3)4)31(39)34-19-24-28(33(24,5)6)29(34)25(35)17-22(12-10-8-7-9-11-15-40-20)30(38)26(36)16-21-13-14-21;1-6-16(14,15)12(5)7-9(11-8-13)10(2,3)4/h25-28,30-31,34-35H,9-24H2,1-8H3;20-24,28-29H,7-19H2,1-6H3;9H,6-7H2,1-5H3/t25-,27+,28+,30-,31-,34-,35+;20-,22+,23-,24-,28-,29+;9-/m001/s1. The first kappa shape index (κ1) is 91.1. The number of hydrogen-bond acceptors (Lipinski definition) is 19. The fourth-order valence-electron chi connectivity index (χ4n) is 16.7. The molecule has 4 heterocycles. The number of piperidine rings is 2. The van der Waals surface area contributed by atoms with Crippen LogP contribution in [-0.4, -0.2) is 201 Å². The highest BCUT2D eigenvalue weighted by molar-refractivity contribution is 7.89. The number of Topliss-reactive ketones (excluding diaryl/α,β-unsaturated/α-hetero) is 7. The molecule has 0 unspecified atom stereocenters. The summed E-state index contributed by atoms with van der Waals surface area (Å²) in [7, 11) is -3.63. The smallest absolute Gasteiger partial charge is 0.307 e. The molecule has 8 rings (SSSR count). The average Bonchev–Trinajstić information content (AvgIpc) is 1.53. The zero-order chi connectivity index (χ0) is 80.3. The summed E-state index contributed by atoms with van der Waals surface area (Å²) in [6.45, 7) is 34.6. The van der Waals surface area contributed by atoms with Gasteiger partial charge in [0.1, 0.15) is 11.4 Å². The monoisotopic (exact) mass is 1540 g/mol. The van der Waals surface area contributed by atoms with E-state index in [4.69, 9.17) is 14.2 Å². The number of isocyanates is 1. The molecule has 4 aliphatic carbocycles. The van der Waals surface area contributed by atoms with Gasteiger partial charge < -0.3 is 24.0 Å². The average molecular weight is 1540 g/mol. The minimum Gasteiger partial charge on any atom is -0.460 e. The van der Waals surface area contributed by atoms with Crippen molar-refractivity contribution in [2.24, 2.45) is 91.7 Å². The van der Waals surface area contributed by atoms with Gasteiger partial charge in [-0.1, -0.05) is 121 Å². The molecule has 2 amide bonds. The minimum absolute atomic E-state index is 0.00816. The van der Waals surface area contributed by atoms with Gasteiger partial charge in [-0.25, -0.2) is 35.2 Å². The van der Waals surface area contributed by atoms with Crippen molar-refractivity contribution in [3.8, 4) is 0 Å². The van der Waals surface area contributed by atoms with Crippen LogP contribution in [0.1, 0.15) is 265 Å². The number of hydrogen-bond donors (Lipinski definition) is 0. The second-order valence-corrected chi connectivity index (χ2v) is 41.9. The molecule has 0 radical (unpaired) electrons. The molecule has 107 heavy (non-hydrogen) atoms. The Balaban J connectivity index is 0.000000282. The van der Waals surface area contributed by atoms with Crippen LogP contribution in [0.3, 0.4) is 0 Å². The lowest BCUT2D eigenvalue weighted by atomic mass is 9.76. The second kappa shape index (κ2) is 38.2. The first-order valence-corrected chi connectivity index (χ1v) is 43.6. The third kappa shape index (κ3) is 25.6. The number of ketones is 7. The van der Waals surface area contributed by atoms with E-state index in [0.29, 0.717) is 51.5 Å². The molecular formula is C82H135N5O18S2. The summed E-state index contributed by atoms with van der Waals surface area (Å²) in [5.41, 5.74) is -1.53. The maximum absolute atomic E-state index is 14.6. The zero-order valence-corrected chi connectivity index (χ0v) is 70.2. The SMILES string of the molecule is CCS(=O)(=O)N(C)C[C@@H](CC(=O)C[C@@H]1C(=O)N2C[C@H]3[C@@H]([C@H]2C(=O)C[C@H](C(=O)C(=O)CC2CC2)CCCCCCCO[C@H]1C)C3(C)C)C(C)(C)C.CCS(=O)(=O)N(C)C[C@@H](N=C=O)C(C)(C)C.C[C@@H]1OCCCCCCC[C@@H](C(=O)C(=O)CC2CC2)CC(=O)[C@@H]2[C@@H]3[C@H](CN2C(=O)[C@H]1CC(=O)OC(C)(C)C)C3(C)C. The van der Waals surface area contributed by atoms with Gasteiger partial charge in [-0.2, -0.15) is 0 Å². The van der Waals surface area contributed by atoms with Crippen molar-refractivity contribution in [3.63, 3.8) is 0 Å². The summed E-state index contributed by atoms with van der Waals surface area (Å²) in [6.07, 6.45) is 14.6. The molecule has 608 valence electrons. The van der Waals surface area contributed by atoms with Crippen molar-refractivity contribution >= 4 is 84.4 Å². The molecule has 0 bridgehead atoms. The number of likely N-dealkylation sites (N-methyl/N-ethyl adjacent to an activating group) is 1. The molecule has 8 fully saturated rings. The van der Waals surface area contributed by atoms with E-state index in [1.807, 2.05) is 55.4 Å². The van der Waals surface area contributed by atoms with E-state index in [0.717, 1.165) is 89.9 Å². The van der Waals surface area contributed by atoms with Crippen molar-refractivity contribution in [2.75, 3.05) is 65.0 Å². The molecule has 4 aliphatic heterocycles. The van der Waals surface area contributed by atoms with E-state index in [1.165, 1.54) is 21.7 Å². The zero-order valence-electron chi connectivity index (χ0n) is 68.6. The Morgan fingerprint density at radius 3 is 1.31 bits per heavy atom. The van der Waals surface area contributed by atoms with Crippen LogP contribution in [0.25, 0.3) is 0 Å². The fraction of sp³-hybridized carbons (Fsp3) is 0.866. The van der Waals surface area contributed by atoms with Gasteiger partial charge >= 0.3 is 5.97 Å². The molecule has 23 nitrogen and oxygen atoms in total. The van der Waals surface area contributed by atoms with Crippen molar-refractivity contribution in [1.29, 1.82) is 0 Å². The van der Waals surface area contributed by atoms with Crippen molar-refractivity contribution < 1.29 is 83.8 Å². The Hall–Kier alpha value is -4.78. The second-order valence-electron chi connectivity index (χ2n) is 37.1. The molecule has 8 aliphatic rings. The summed E-state index contributed by atoms with van der Waals surface area (Å²) in [6, 6.07) is -1.74. The predicted octanol–water partition coefficient (Wildman–Crippen LogP) is 11.8. The first-order chi connectivity index (χ1) is 49.6. The number of rotatable bonds is 23. The van der Waals surface area contributed by atoms with E-state index < -0.39 is 91.1 Å². The van der Waals surface area contributed by atoms with Crippen LogP contribution in [0.5, 0.6) is 0 Å². The quantitative estimate of drug-likeness (QED) is 0.0397. The Morgan fingerprint density at radius 2 is 0.944 bits per heavy atom. The number of carbonyl (C=O) groups is 10. The molecular weight excluding hydrogens is 1410 g/mol. The number of esters is 1. The van der Waals surface area contributed by atoms with Gasteiger partial charge in [-0.3, -0.25) is 47.9 Å². The number of ether oxygens (including phenoxy) is 3.